The van der Waals surface area contributed by atoms with Gasteiger partial charge in [0.05, 0.1) is 33.2 Å². The standard InChI is InChI=1S/C35H42ClF2N4O10P/c1-20(43)30-24-12-11-23(53(48,51-18-49-32(46)34(2,3)4)52-19-50-33(47)35(5,6)7)14-26(24)42(40-30)17-28(44)41-16-22(37)13-27(41)31(45)39-15-21-9-8-10-25(36)29(21)38/h8-12,14,22,27H,13,15-19H2,1-7H3,(H,39,45)/t22-,27+/m1/s1. The molecule has 0 unspecified atom stereocenters. The number of carbonyl (C=O) groups is 5. The van der Waals surface area contributed by atoms with Crippen molar-refractivity contribution in [1.29, 1.82) is 0 Å². The zero-order valence-corrected chi connectivity index (χ0v) is 32.0. The van der Waals surface area contributed by atoms with Crippen LogP contribution in [0.5, 0.6) is 0 Å². The Morgan fingerprint density at radius 1 is 0.981 bits per heavy atom. The van der Waals surface area contributed by atoms with Gasteiger partial charge in [-0.3, -0.25) is 42.3 Å². The lowest BCUT2D eigenvalue weighted by Gasteiger charge is -2.24. The molecule has 1 saturated heterocycles. The Morgan fingerprint density at radius 2 is 1.58 bits per heavy atom. The molecule has 1 aromatic heterocycles. The summed E-state index contributed by atoms with van der Waals surface area (Å²) in [7, 11) is -4.47. The van der Waals surface area contributed by atoms with Gasteiger partial charge in [-0.1, -0.05) is 23.7 Å². The van der Waals surface area contributed by atoms with E-state index in [2.05, 4.69) is 10.4 Å². The number of hydrogen-bond acceptors (Lipinski definition) is 11. The van der Waals surface area contributed by atoms with Gasteiger partial charge in [0.15, 0.2) is 5.78 Å². The number of hydrogen-bond donors (Lipinski definition) is 1. The Morgan fingerprint density at radius 3 is 2.15 bits per heavy atom. The predicted molar refractivity (Wildman–Crippen MR) is 188 cm³/mol. The van der Waals surface area contributed by atoms with E-state index in [4.69, 9.17) is 30.1 Å². The van der Waals surface area contributed by atoms with Gasteiger partial charge in [0.2, 0.25) is 25.4 Å². The topological polar surface area (TPSA) is 172 Å². The largest absolute Gasteiger partial charge is 0.438 e. The van der Waals surface area contributed by atoms with Gasteiger partial charge in [-0.2, -0.15) is 5.10 Å². The van der Waals surface area contributed by atoms with Crippen LogP contribution in [0.15, 0.2) is 36.4 Å². The zero-order valence-electron chi connectivity index (χ0n) is 30.4. The Labute approximate surface area is 309 Å². The maximum Gasteiger partial charge on any atom is 0.367 e. The van der Waals surface area contributed by atoms with E-state index in [0.29, 0.717) is 0 Å². The Kier molecular flexibility index (Phi) is 12.9. The van der Waals surface area contributed by atoms with Crippen LogP contribution in [0, 0.1) is 16.6 Å². The van der Waals surface area contributed by atoms with Crippen LogP contribution in [0.4, 0.5) is 8.78 Å². The van der Waals surface area contributed by atoms with Crippen molar-refractivity contribution in [2.75, 3.05) is 20.1 Å². The average molecular weight is 783 g/mol. The van der Waals surface area contributed by atoms with E-state index < -0.39 is 92.7 Å². The molecule has 1 aliphatic rings. The molecule has 0 aliphatic carbocycles. The monoisotopic (exact) mass is 782 g/mol. The van der Waals surface area contributed by atoms with E-state index in [1.54, 1.807) is 41.5 Å². The SMILES string of the molecule is CC(=O)c1nn(CC(=O)N2C[C@H](F)C[C@H]2C(=O)NCc2cccc(Cl)c2F)c2cc(P(=O)(OCOC(=O)C(C)(C)C)OCOC(=O)C(C)(C)C)ccc12. The minimum absolute atomic E-state index is 0.0446. The van der Waals surface area contributed by atoms with Gasteiger partial charge in [-0.15, -0.1) is 0 Å². The van der Waals surface area contributed by atoms with Crippen molar-refractivity contribution in [2.45, 2.75) is 80.2 Å². The lowest BCUT2D eigenvalue weighted by molar-refractivity contribution is -0.161. The highest BCUT2D eigenvalue weighted by Gasteiger charge is 2.40. The third-order valence-electron chi connectivity index (χ3n) is 8.08. The second-order valence-electron chi connectivity index (χ2n) is 14.4. The molecule has 0 bridgehead atoms. The molecule has 0 spiro atoms. The quantitative estimate of drug-likeness (QED) is 0.104. The Hall–Kier alpha value is -4.24. The number of esters is 2. The Bertz CT molecular complexity index is 1920. The summed E-state index contributed by atoms with van der Waals surface area (Å²) in [6, 6.07) is 7.04. The average Bonchev–Trinajstić information content (AvgIpc) is 3.64. The zero-order chi connectivity index (χ0) is 39.5. The summed E-state index contributed by atoms with van der Waals surface area (Å²) >= 11 is 5.83. The van der Waals surface area contributed by atoms with Crippen LogP contribution in [0.1, 0.15) is 70.9 Å². The first-order chi connectivity index (χ1) is 24.6. The number of benzene rings is 2. The summed E-state index contributed by atoms with van der Waals surface area (Å²) in [5.41, 5.74) is -1.66. The second kappa shape index (κ2) is 16.4. The summed E-state index contributed by atoms with van der Waals surface area (Å²) in [6.07, 6.45) is -1.85. The second-order valence-corrected chi connectivity index (χ2v) is 16.9. The minimum Gasteiger partial charge on any atom is -0.438 e. The summed E-state index contributed by atoms with van der Waals surface area (Å²) in [4.78, 5) is 65.2. The molecule has 18 heteroatoms. The smallest absolute Gasteiger partial charge is 0.367 e. The molecular weight excluding hydrogens is 741 g/mol. The third kappa shape index (κ3) is 10.0. The number of amides is 2. The van der Waals surface area contributed by atoms with Crippen molar-refractivity contribution >= 4 is 64.9 Å². The first kappa shape index (κ1) is 41.5. The van der Waals surface area contributed by atoms with Gasteiger partial charge in [-0.05, 0) is 65.8 Å². The summed E-state index contributed by atoms with van der Waals surface area (Å²) in [6.45, 7) is 8.02. The van der Waals surface area contributed by atoms with Crippen LogP contribution < -0.4 is 10.6 Å². The molecular formula is C35H42ClF2N4O10P. The molecule has 14 nitrogen and oxygen atoms in total. The molecule has 2 atom stereocenters. The highest BCUT2D eigenvalue weighted by atomic mass is 35.5. The molecule has 288 valence electrons. The maximum atomic E-state index is 14.7. The summed E-state index contributed by atoms with van der Waals surface area (Å²) in [5.74, 6) is -3.97. The van der Waals surface area contributed by atoms with Crippen LogP contribution in [-0.4, -0.2) is 76.6 Å². The van der Waals surface area contributed by atoms with Crippen LogP contribution in [0.3, 0.4) is 0 Å². The number of Topliss-reactive ketones (excluding diaryl/α,β-unsaturated/α-hetero) is 1. The number of ketones is 1. The number of alkyl halides is 1. The molecule has 2 heterocycles. The van der Waals surface area contributed by atoms with Crippen molar-refractivity contribution in [1.82, 2.24) is 20.0 Å². The van der Waals surface area contributed by atoms with Gasteiger partial charge in [-0.25, -0.2) is 8.78 Å². The summed E-state index contributed by atoms with van der Waals surface area (Å²) < 4.78 is 65.7. The van der Waals surface area contributed by atoms with E-state index in [1.807, 2.05) is 0 Å². The fraction of sp³-hybridized carbons (Fsp3) is 0.486. The molecule has 1 fully saturated rings. The molecule has 2 amide bonds. The number of fused-ring (bicyclic) bond motifs is 1. The molecule has 4 rings (SSSR count). The number of likely N-dealkylation sites (tertiary alicyclic amines) is 1. The fourth-order valence-electron chi connectivity index (χ4n) is 5.14. The van der Waals surface area contributed by atoms with Crippen molar-refractivity contribution in [3.63, 3.8) is 0 Å². The number of nitrogens with zero attached hydrogens (tertiary/aromatic N) is 3. The lowest BCUT2D eigenvalue weighted by atomic mass is 9.98. The van der Waals surface area contributed by atoms with Crippen LogP contribution in [0.25, 0.3) is 10.9 Å². The molecule has 0 saturated carbocycles. The number of halogens is 3. The van der Waals surface area contributed by atoms with Crippen molar-refractivity contribution in [3.05, 3.63) is 58.5 Å². The summed E-state index contributed by atoms with van der Waals surface area (Å²) in [5, 5.41) is 6.80. The van der Waals surface area contributed by atoms with E-state index >= 15 is 0 Å². The van der Waals surface area contributed by atoms with Gasteiger partial charge in [0.1, 0.15) is 30.3 Å². The Balaban J connectivity index is 1.62. The first-order valence-electron chi connectivity index (χ1n) is 16.5. The minimum atomic E-state index is -4.47. The molecule has 2 aromatic carbocycles. The lowest BCUT2D eigenvalue weighted by Crippen LogP contribution is -2.46. The van der Waals surface area contributed by atoms with Gasteiger partial charge >= 0.3 is 19.5 Å². The van der Waals surface area contributed by atoms with Crippen LogP contribution in [-0.2, 0) is 55.4 Å². The first-order valence-corrected chi connectivity index (χ1v) is 18.4. The molecule has 3 aromatic rings. The number of nitrogens with one attached hydrogen (secondary N) is 1. The molecule has 0 radical (unpaired) electrons. The number of carbonyl (C=O) groups excluding carboxylic acids is 5. The van der Waals surface area contributed by atoms with Gasteiger partial charge in [0, 0.05) is 30.8 Å². The van der Waals surface area contributed by atoms with E-state index in [0.717, 1.165) is 9.58 Å². The van der Waals surface area contributed by atoms with E-state index in [-0.39, 0.29) is 45.5 Å². The predicted octanol–water partition coefficient (Wildman–Crippen LogP) is 5.23. The number of rotatable bonds is 13. The number of aromatic nitrogens is 2. The highest BCUT2D eigenvalue weighted by molar-refractivity contribution is 7.62. The van der Waals surface area contributed by atoms with Crippen molar-refractivity contribution in [3.8, 4) is 0 Å². The molecule has 1 aliphatic heterocycles. The van der Waals surface area contributed by atoms with Crippen LogP contribution in [0.2, 0.25) is 5.02 Å². The van der Waals surface area contributed by atoms with E-state index in [9.17, 15) is 37.3 Å². The highest BCUT2D eigenvalue weighted by Crippen LogP contribution is 2.48. The fourth-order valence-corrected chi connectivity index (χ4v) is 6.63. The molecule has 53 heavy (non-hydrogen) atoms. The van der Waals surface area contributed by atoms with Crippen LogP contribution >= 0.6 is 19.2 Å². The number of ether oxygens (including phenoxy) is 2. The normalized spacial score (nSPS) is 16.5. The third-order valence-corrected chi connectivity index (χ3v) is 10.2. The van der Waals surface area contributed by atoms with Crippen molar-refractivity contribution in [2.24, 2.45) is 10.8 Å². The van der Waals surface area contributed by atoms with Gasteiger partial charge < -0.3 is 19.7 Å². The van der Waals surface area contributed by atoms with E-state index in [1.165, 1.54) is 43.3 Å². The molecule has 1 N–H and O–H groups in total. The maximum absolute atomic E-state index is 14.7. The van der Waals surface area contributed by atoms with Gasteiger partial charge in [0.25, 0.3) is 0 Å². The van der Waals surface area contributed by atoms with Crippen molar-refractivity contribution < 1.29 is 55.8 Å².